The van der Waals surface area contributed by atoms with Crippen LogP contribution in [0.3, 0.4) is 0 Å². The number of halogens is 2. The van der Waals surface area contributed by atoms with Crippen molar-refractivity contribution in [3.05, 3.63) is 46.2 Å². The summed E-state index contributed by atoms with van der Waals surface area (Å²) in [6.07, 6.45) is 6.31. The topological polar surface area (TPSA) is 41.5 Å². The standard InChI is InChI=1S/C23H28Cl2N4O/c1-30-20-5-3-2-4-18(20)16-7-10-28(11-8-16)17-6-9-23(13-17)14-29(15-23)19-12-21(24)26-27-22(19)25/h2-5,12,16-17H,6-11,13-15H2,1H3. The molecule has 0 N–H and O–H groups in total. The van der Waals surface area contributed by atoms with Crippen molar-refractivity contribution in [2.75, 3.05) is 38.2 Å². The summed E-state index contributed by atoms with van der Waals surface area (Å²) in [5, 5.41) is 8.62. The van der Waals surface area contributed by atoms with Gasteiger partial charge in [-0.1, -0.05) is 41.4 Å². The number of aromatic nitrogens is 2. The van der Waals surface area contributed by atoms with Crippen molar-refractivity contribution < 1.29 is 4.74 Å². The van der Waals surface area contributed by atoms with E-state index in [0.717, 1.165) is 24.5 Å². The summed E-state index contributed by atoms with van der Waals surface area (Å²) < 4.78 is 5.59. The Kier molecular flexibility index (Phi) is 5.55. The van der Waals surface area contributed by atoms with Crippen LogP contribution in [0.25, 0.3) is 0 Å². The van der Waals surface area contributed by atoms with E-state index in [4.69, 9.17) is 27.9 Å². The molecule has 3 fully saturated rings. The molecular formula is C23H28Cl2N4O. The Morgan fingerprint density at radius 1 is 1.07 bits per heavy atom. The molecule has 1 spiro atoms. The number of likely N-dealkylation sites (tertiary alicyclic amines) is 1. The Morgan fingerprint density at radius 3 is 2.60 bits per heavy atom. The SMILES string of the molecule is COc1ccccc1C1CCN(C2CCC3(C2)CN(c2cc(Cl)nnc2Cl)C3)CC1. The summed E-state index contributed by atoms with van der Waals surface area (Å²) >= 11 is 12.3. The minimum Gasteiger partial charge on any atom is -0.496 e. The number of rotatable bonds is 4. The van der Waals surface area contributed by atoms with Crippen molar-refractivity contribution in [2.45, 2.75) is 44.1 Å². The van der Waals surface area contributed by atoms with Crippen molar-refractivity contribution in [2.24, 2.45) is 5.41 Å². The molecule has 1 saturated carbocycles. The Balaban J connectivity index is 1.17. The van der Waals surface area contributed by atoms with Crippen LogP contribution in [-0.2, 0) is 0 Å². The zero-order valence-electron chi connectivity index (χ0n) is 17.4. The summed E-state index contributed by atoms with van der Waals surface area (Å²) in [6, 6.07) is 11.0. The Labute approximate surface area is 188 Å². The Morgan fingerprint density at radius 2 is 1.83 bits per heavy atom. The monoisotopic (exact) mass is 446 g/mol. The Hall–Kier alpha value is -1.56. The maximum absolute atomic E-state index is 6.24. The van der Waals surface area contributed by atoms with Crippen LogP contribution in [0, 0.1) is 5.41 Å². The van der Waals surface area contributed by atoms with Gasteiger partial charge in [0.15, 0.2) is 10.3 Å². The lowest BCUT2D eigenvalue weighted by Crippen LogP contribution is -2.56. The molecule has 2 saturated heterocycles. The first-order valence-electron chi connectivity index (χ1n) is 10.9. The van der Waals surface area contributed by atoms with E-state index >= 15 is 0 Å². The van der Waals surface area contributed by atoms with Gasteiger partial charge in [-0.25, -0.2) is 0 Å². The van der Waals surface area contributed by atoms with E-state index in [-0.39, 0.29) is 0 Å². The number of anilines is 1. The van der Waals surface area contributed by atoms with E-state index in [9.17, 15) is 0 Å². The first-order chi connectivity index (χ1) is 14.6. The molecule has 3 heterocycles. The third-order valence-corrected chi connectivity index (χ3v) is 7.85. The first-order valence-corrected chi connectivity index (χ1v) is 11.6. The fraction of sp³-hybridized carbons (Fsp3) is 0.565. The lowest BCUT2D eigenvalue weighted by atomic mass is 9.77. The van der Waals surface area contributed by atoms with Gasteiger partial charge < -0.3 is 14.5 Å². The van der Waals surface area contributed by atoms with Crippen molar-refractivity contribution in [3.63, 3.8) is 0 Å². The fourth-order valence-electron chi connectivity index (χ4n) is 5.85. The second-order valence-electron chi connectivity index (χ2n) is 9.15. The molecule has 7 heteroatoms. The predicted octanol–water partition coefficient (Wildman–Crippen LogP) is 5.03. The first kappa shape index (κ1) is 20.3. The van der Waals surface area contributed by atoms with Gasteiger partial charge in [0, 0.05) is 30.6 Å². The molecule has 2 aromatic rings. The number of piperidine rings is 1. The van der Waals surface area contributed by atoms with E-state index in [1.54, 1.807) is 7.11 Å². The molecule has 2 aliphatic heterocycles. The molecule has 0 radical (unpaired) electrons. The highest BCUT2D eigenvalue weighted by Crippen LogP contribution is 2.50. The number of methoxy groups -OCH3 is 1. The number of para-hydroxylation sites is 1. The number of ether oxygens (including phenoxy) is 1. The molecule has 30 heavy (non-hydrogen) atoms. The molecule has 5 nitrogen and oxygen atoms in total. The van der Waals surface area contributed by atoms with E-state index in [0.29, 0.717) is 27.7 Å². The molecule has 1 aromatic heterocycles. The van der Waals surface area contributed by atoms with E-state index in [2.05, 4.69) is 44.3 Å². The molecule has 1 atom stereocenters. The molecule has 1 unspecified atom stereocenters. The van der Waals surface area contributed by atoms with Gasteiger partial charge in [0.1, 0.15) is 5.75 Å². The van der Waals surface area contributed by atoms with Crippen LogP contribution in [0.2, 0.25) is 10.3 Å². The number of hydrogen-bond acceptors (Lipinski definition) is 5. The molecule has 5 rings (SSSR count). The minimum absolute atomic E-state index is 0.401. The van der Waals surface area contributed by atoms with Crippen LogP contribution < -0.4 is 9.64 Å². The lowest BCUT2D eigenvalue weighted by Gasteiger charge is -2.50. The average molecular weight is 447 g/mol. The van der Waals surface area contributed by atoms with E-state index in [1.807, 2.05) is 6.07 Å². The maximum Gasteiger partial charge on any atom is 0.175 e. The maximum atomic E-state index is 6.24. The van der Waals surface area contributed by atoms with Crippen LogP contribution in [0.1, 0.15) is 43.6 Å². The zero-order chi connectivity index (χ0) is 20.7. The van der Waals surface area contributed by atoms with Crippen molar-refractivity contribution in [3.8, 4) is 5.75 Å². The van der Waals surface area contributed by atoms with E-state index < -0.39 is 0 Å². The Bertz CT molecular complexity index is 910. The average Bonchev–Trinajstić information content (AvgIpc) is 3.20. The second-order valence-corrected chi connectivity index (χ2v) is 9.89. The highest BCUT2D eigenvalue weighted by atomic mass is 35.5. The van der Waals surface area contributed by atoms with Gasteiger partial charge in [-0.2, -0.15) is 0 Å². The van der Waals surface area contributed by atoms with Gasteiger partial charge in [0.05, 0.1) is 12.8 Å². The van der Waals surface area contributed by atoms with Gasteiger partial charge in [-0.15, -0.1) is 10.2 Å². The number of nitrogens with zero attached hydrogens (tertiary/aromatic N) is 4. The second kappa shape index (κ2) is 8.18. The van der Waals surface area contributed by atoms with Crippen LogP contribution in [0.15, 0.2) is 30.3 Å². The number of benzene rings is 1. The van der Waals surface area contributed by atoms with Crippen molar-refractivity contribution in [1.82, 2.24) is 15.1 Å². The van der Waals surface area contributed by atoms with E-state index in [1.165, 1.54) is 50.8 Å². The minimum atomic E-state index is 0.401. The summed E-state index contributed by atoms with van der Waals surface area (Å²) in [4.78, 5) is 5.04. The fourth-order valence-corrected chi connectivity index (χ4v) is 6.21. The van der Waals surface area contributed by atoms with Crippen molar-refractivity contribution in [1.29, 1.82) is 0 Å². The largest absolute Gasteiger partial charge is 0.496 e. The van der Waals surface area contributed by atoms with Gasteiger partial charge in [0.2, 0.25) is 0 Å². The molecular weight excluding hydrogens is 419 g/mol. The van der Waals surface area contributed by atoms with Gasteiger partial charge in [-0.05, 0) is 62.7 Å². The van der Waals surface area contributed by atoms with Crippen LogP contribution in [-0.4, -0.2) is 54.4 Å². The summed E-state index contributed by atoms with van der Waals surface area (Å²) in [5.74, 6) is 1.65. The van der Waals surface area contributed by atoms with Crippen LogP contribution in [0.4, 0.5) is 5.69 Å². The summed E-state index contributed by atoms with van der Waals surface area (Å²) in [7, 11) is 1.77. The highest BCUT2D eigenvalue weighted by Gasteiger charge is 2.50. The normalized spacial score (nSPS) is 24.2. The van der Waals surface area contributed by atoms with Gasteiger partial charge in [0.25, 0.3) is 0 Å². The van der Waals surface area contributed by atoms with Gasteiger partial charge in [-0.3, -0.25) is 0 Å². The number of hydrogen-bond donors (Lipinski definition) is 0. The molecule has 160 valence electrons. The zero-order valence-corrected chi connectivity index (χ0v) is 18.9. The highest BCUT2D eigenvalue weighted by molar-refractivity contribution is 6.33. The quantitative estimate of drug-likeness (QED) is 0.658. The molecule has 0 bridgehead atoms. The van der Waals surface area contributed by atoms with Gasteiger partial charge >= 0.3 is 0 Å². The third kappa shape index (κ3) is 3.76. The van der Waals surface area contributed by atoms with Crippen LogP contribution >= 0.6 is 23.2 Å². The molecule has 1 aromatic carbocycles. The summed E-state index contributed by atoms with van der Waals surface area (Å²) in [6.45, 7) is 4.46. The molecule has 0 amide bonds. The third-order valence-electron chi connectivity index (χ3n) is 7.39. The summed E-state index contributed by atoms with van der Waals surface area (Å²) in [5.41, 5.74) is 2.71. The van der Waals surface area contributed by atoms with Crippen LogP contribution in [0.5, 0.6) is 5.75 Å². The predicted molar refractivity (Wildman–Crippen MR) is 121 cm³/mol. The lowest BCUT2D eigenvalue weighted by molar-refractivity contribution is 0.131. The smallest absolute Gasteiger partial charge is 0.175 e. The molecule has 1 aliphatic carbocycles. The van der Waals surface area contributed by atoms with Crippen molar-refractivity contribution >= 4 is 28.9 Å². The molecule has 3 aliphatic rings.